The minimum absolute atomic E-state index is 0.0249. The first kappa shape index (κ1) is 13.0. The van der Waals surface area contributed by atoms with Gasteiger partial charge in [0.05, 0.1) is 12.2 Å². The van der Waals surface area contributed by atoms with Crippen molar-refractivity contribution in [1.82, 2.24) is 4.90 Å². The van der Waals surface area contributed by atoms with E-state index < -0.39 is 11.8 Å². The molecule has 1 aliphatic rings. The first-order valence-electron chi connectivity index (χ1n) is 5.87. The van der Waals surface area contributed by atoms with Gasteiger partial charge in [-0.2, -0.15) is 0 Å². The van der Waals surface area contributed by atoms with Gasteiger partial charge in [-0.1, -0.05) is 6.07 Å². The summed E-state index contributed by atoms with van der Waals surface area (Å²) >= 11 is 0. The molecule has 4 nitrogen and oxygen atoms in total. The lowest BCUT2D eigenvalue weighted by Gasteiger charge is -2.23. The average Bonchev–Trinajstić information content (AvgIpc) is 2.85. The second kappa shape index (κ2) is 5.46. The van der Waals surface area contributed by atoms with Crippen LogP contribution in [0.15, 0.2) is 18.2 Å². The first-order valence-corrected chi connectivity index (χ1v) is 5.87. The van der Waals surface area contributed by atoms with Gasteiger partial charge in [0, 0.05) is 24.8 Å². The van der Waals surface area contributed by atoms with Crippen LogP contribution in [0.2, 0.25) is 0 Å². The van der Waals surface area contributed by atoms with E-state index in [0.717, 1.165) is 19.1 Å². The second-order valence-electron chi connectivity index (χ2n) is 4.54. The third-order valence-corrected chi connectivity index (χ3v) is 3.25. The molecule has 0 bridgehead atoms. The summed E-state index contributed by atoms with van der Waals surface area (Å²) in [5, 5.41) is 8.76. The van der Waals surface area contributed by atoms with Crippen LogP contribution in [0.25, 0.3) is 0 Å². The van der Waals surface area contributed by atoms with Gasteiger partial charge in [-0.05, 0) is 25.6 Å². The highest BCUT2D eigenvalue weighted by atomic mass is 19.1. The first-order chi connectivity index (χ1) is 8.58. The van der Waals surface area contributed by atoms with Crippen LogP contribution in [-0.2, 0) is 11.3 Å². The van der Waals surface area contributed by atoms with Gasteiger partial charge in [-0.3, -0.25) is 4.90 Å². The van der Waals surface area contributed by atoms with Crippen molar-refractivity contribution in [3.8, 4) is 0 Å². The largest absolute Gasteiger partial charge is 0.478 e. The van der Waals surface area contributed by atoms with Crippen LogP contribution >= 0.6 is 0 Å². The monoisotopic (exact) mass is 253 g/mol. The normalized spacial score (nSPS) is 19.4. The number of carboxylic acids is 1. The number of likely N-dealkylation sites (N-methyl/N-ethyl adjacent to an activating group) is 1. The highest BCUT2D eigenvalue weighted by molar-refractivity contribution is 5.87. The van der Waals surface area contributed by atoms with Crippen LogP contribution in [0.3, 0.4) is 0 Å². The van der Waals surface area contributed by atoms with Crippen molar-refractivity contribution in [1.29, 1.82) is 0 Å². The number of hydrogen-bond acceptors (Lipinski definition) is 3. The summed E-state index contributed by atoms with van der Waals surface area (Å²) in [6.07, 6.45) is 0.950. The van der Waals surface area contributed by atoms with Gasteiger partial charge in [0.25, 0.3) is 0 Å². The molecule has 0 amide bonds. The molecule has 1 unspecified atom stereocenters. The molecule has 1 N–H and O–H groups in total. The fraction of sp³-hybridized carbons (Fsp3) is 0.462. The van der Waals surface area contributed by atoms with Crippen molar-refractivity contribution in [2.24, 2.45) is 0 Å². The van der Waals surface area contributed by atoms with Gasteiger partial charge in [0.15, 0.2) is 0 Å². The maximum absolute atomic E-state index is 13.7. The molecule has 0 aromatic heterocycles. The Morgan fingerprint density at radius 2 is 2.39 bits per heavy atom. The topological polar surface area (TPSA) is 49.8 Å². The number of nitrogens with zero attached hydrogens (tertiary/aromatic N) is 1. The maximum Gasteiger partial charge on any atom is 0.335 e. The molecule has 0 spiro atoms. The van der Waals surface area contributed by atoms with E-state index in [2.05, 4.69) is 0 Å². The van der Waals surface area contributed by atoms with E-state index in [4.69, 9.17) is 9.84 Å². The number of ether oxygens (including phenoxy) is 1. The second-order valence-corrected chi connectivity index (χ2v) is 4.54. The summed E-state index contributed by atoms with van der Waals surface area (Å²) in [5.41, 5.74) is 0.484. The van der Waals surface area contributed by atoms with Crippen molar-refractivity contribution in [3.63, 3.8) is 0 Å². The standard InChI is InChI=1S/C13H16FNO3/c1-15(11-4-5-18-8-11)7-10-3-2-9(13(16)17)6-12(10)14/h2-3,6,11H,4-5,7-8H2,1H3,(H,16,17). The molecule has 1 aromatic rings. The highest BCUT2D eigenvalue weighted by Crippen LogP contribution is 2.17. The number of halogens is 1. The van der Waals surface area contributed by atoms with E-state index in [1.54, 1.807) is 0 Å². The Balaban J connectivity index is 2.06. The van der Waals surface area contributed by atoms with Crippen LogP contribution in [0.1, 0.15) is 22.3 Å². The minimum Gasteiger partial charge on any atom is -0.478 e. The van der Waals surface area contributed by atoms with E-state index >= 15 is 0 Å². The Morgan fingerprint density at radius 3 is 2.94 bits per heavy atom. The SMILES string of the molecule is CN(Cc1ccc(C(=O)O)cc1F)C1CCOC1. The smallest absolute Gasteiger partial charge is 0.335 e. The molecule has 2 rings (SSSR count). The Hall–Kier alpha value is -1.46. The van der Waals surface area contributed by atoms with Crippen LogP contribution < -0.4 is 0 Å². The van der Waals surface area contributed by atoms with Gasteiger partial charge >= 0.3 is 5.97 Å². The summed E-state index contributed by atoms with van der Waals surface area (Å²) in [6.45, 7) is 1.88. The van der Waals surface area contributed by atoms with E-state index in [1.807, 2.05) is 11.9 Å². The molecule has 1 aromatic carbocycles. The summed E-state index contributed by atoms with van der Waals surface area (Å²) in [4.78, 5) is 12.7. The summed E-state index contributed by atoms with van der Waals surface area (Å²) < 4.78 is 19.0. The molecule has 98 valence electrons. The van der Waals surface area contributed by atoms with Gasteiger partial charge < -0.3 is 9.84 Å². The number of rotatable bonds is 4. The third kappa shape index (κ3) is 2.86. The predicted octanol–water partition coefficient (Wildman–Crippen LogP) is 1.74. The fourth-order valence-electron chi connectivity index (χ4n) is 2.08. The Bertz CT molecular complexity index is 444. The van der Waals surface area contributed by atoms with E-state index in [-0.39, 0.29) is 5.56 Å². The lowest BCUT2D eigenvalue weighted by molar-refractivity contribution is 0.0696. The molecule has 5 heteroatoms. The summed E-state index contributed by atoms with van der Waals surface area (Å²) in [6, 6.07) is 4.34. The van der Waals surface area contributed by atoms with Crippen molar-refractivity contribution in [2.45, 2.75) is 19.0 Å². The zero-order chi connectivity index (χ0) is 13.1. The molecule has 1 heterocycles. The molecule has 18 heavy (non-hydrogen) atoms. The van der Waals surface area contributed by atoms with Crippen LogP contribution in [-0.4, -0.2) is 42.3 Å². The summed E-state index contributed by atoms with van der Waals surface area (Å²) in [7, 11) is 1.92. The van der Waals surface area contributed by atoms with Crippen LogP contribution in [0.4, 0.5) is 4.39 Å². The lowest BCUT2D eigenvalue weighted by Crippen LogP contribution is -2.31. The summed E-state index contributed by atoms with van der Waals surface area (Å²) in [5.74, 6) is -1.58. The molecule has 0 radical (unpaired) electrons. The number of aromatic carboxylic acids is 1. The Morgan fingerprint density at radius 1 is 1.61 bits per heavy atom. The lowest BCUT2D eigenvalue weighted by atomic mass is 10.1. The minimum atomic E-state index is -1.11. The highest BCUT2D eigenvalue weighted by Gasteiger charge is 2.21. The number of carbonyl (C=O) groups is 1. The zero-order valence-corrected chi connectivity index (χ0v) is 10.2. The molecule has 1 atom stereocenters. The van der Waals surface area contributed by atoms with E-state index in [0.29, 0.717) is 24.8 Å². The number of carboxylic acid groups (broad SMARTS) is 1. The molecule has 1 aliphatic heterocycles. The van der Waals surface area contributed by atoms with Gasteiger partial charge in [-0.25, -0.2) is 9.18 Å². The molecule has 0 saturated carbocycles. The van der Waals surface area contributed by atoms with Crippen molar-refractivity contribution in [3.05, 3.63) is 35.1 Å². The third-order valence-electron chi connectivity index (χ3n) is 3.25. The van der Waals surface area contributed by atoms with Crippen molar-refractivity contribution >= 4 is 5.97 Å². The van der Waals surface area contributed by atoms with Crippen LogP contribution in [0, 0.1) is 5.82 Å². The quantitative estimate of drug-likeness (QED) is 0.888. The fourth-order valence-corrected chi connectivity index (χ4v) is 2.08. The Kier molecular flexibility index (Phi) is 3.93. The van der Waals surface area contributed by atoms with Gasteiger partial charge in [0.2, 0.25) is 0 Å². The van der Waals surface area contributed by atoms with Crippen LogP contribution in [0.5, 0.6) is 0 Å². The van der Waals surface area contributed by atoms with E-state index in [1.165, 1.54) is 12.1 Å². The predicted molar refractivity (Wildman–Crippen MR) is 64.1 cm³/mol. The molecule has 0 aliphatic carbocycles. The van der Waals surface area contributed by atoms with Crippen molar-refractivity contribution in [2.75, 3.05) is 20.3 Å². The van der Waals surface area contributed by atoms with Crippen molar-refractivity contribution < 1.29 is 19.0 Å². The number of benzene rings is 1. The Labute approximate surface area is 105 Å². The molecule has 1 saturated heterocycles. The maximum atomic E-state index is 13.7. The average molecular weight is 253 g/mol. The molecule has 1 fully saturated rings. The van der Waals surface area contributed by atoms with E-state index in [9.17, 15) is 9.18 Å². The van der Waals surface area contributed by atoms with Gasteiger partial charge in [-0.15, -0.1) is 0 Å². The molecular formula is C13H16FNO3. The zero-order valence-electron chi connectivity index (χ0n) is 10.2. The molecular weight excluding hydrogens is 237 g/mol. The van der Waals surface area contributed by atoms with Gasteiger partial charge in [0.1, 0.15) is 5.82 Å². The number of hydrogen-bond donors (Lipinski definition) is 1.